The van der Waals surface area contributed by atoms with E-state index in [1.54, 1.807) is 27.0 Å². The minimum Gasteiger partial charge on any atom is -0.480 e. The van der Waals surface area contributed by atoms with Crippen LogP contribution in [0.4, 0.5) is 0 Å². The Balaban J connectivity index is 2.38. The molecule has 82 heavy (non-hydrogen) atoms. The maximum atomic E-state index is 14.5. The van der Waals surface area contributed by atoms with Gasteiger partial charge in [0.15, 0.2) is 11.9 Å². The maximum Gasteiger partial charge on any atom is 0.326 e. The largest absolute Gasteiger partial charge is 0.480 e. The lowest BCUT2D eigenvalue weighted by Crippen LogP contribution is -2.60. The third-order valence-corrected chi connectivity index (χ3v) is 13.5. The molecule has 9 atom stereocenters. The summed E-state index contributed by atoms with van der Waals surface area (Å²) in [7, 11) is 0. The molecule has 2 aromatic rings. The first kappa shape index (κ1) is 70.6. The Labute approximate surface area is 481 Å². The van der Waals surface area contributed by atoms with E-state index in [9.17, 15) is 48.3 Å². The second kappa shape index (κ2) is 36.7. The number of carboxylic acids is 1. The molecule has 0 unspecified atom stereocenters. The first-order valence-corrected chi connectivity index (χ1v) is 28.5. The van der Waals surface area contributed by atoms with Crippen molar-refractivity contribution in [1.82, 2.24) is 58.2 Å². The van der Waals surface area contributed by atoms with Crippen molar-refractivity contribution in [3.05, 3.63) is 36.0 Å². The molecule has 0 radical (unpaired) electrons. The fraction of sp³-hybridized carbons (Fsp3) is 0.655. The second-order valence-electron chi connectivity index (χ2n) is 22.2. The third-order valence-electron chi connectivity index (χ3n) is 13.5. The molecule has 1 heterocycles. The molecule has 8 amide bonds. The molecule has 0 aliphatic rings. The van der Waals surface area contributed by atoms with E-state index in [4.69, 9.17) is 33.8 Å². The molecule has 0 aliphatic heterocycles. The molecule has 0 spiro atoms. The van der Waals surface area contributed by atoms with Crippen LogP contribution in [0.15, 0.2) is 30.5 Å². The molecule has 27 nitrogen and oxygen atoms in total. The highest BCUT2D eigenvalue weighted by molar-refractivity contribution is 5.98. The average Bonchev–Trinajstić information content (AvgIpc) is 3.96. The van der Waals surface area contributed by atoms with Gasteiger partial charge in [0.2, 0.25) is 47.3 Å². The van der Waals surface area contributed by atoms with E-state index in [0.717, 1.165) is 10.9 Å². The molecule has 0 fully saturated rings. The van der Waals surface area contributed by atoms with Gasteiger partial charge in [0.25, 0.3) is 0 Å². The monoisotopic (exact) mass is 1150 g/mol. The van der Waals surface area contributed by atoms with Crippen molar-refractivity contribution in [2.24, 2.45) is 46.6 Å². The number of carbonyl (C=O) groups excluding carboxylic acids is 8. The van der Waals surface area contributed by atoms with Crippen molar-refractivity contribution in [3.8, 4) is 0 Å². The Morgan fingerprint density at radius 2 is 1.02 bits per heavy atom. The summed E-state index contributed by atoms with van der Waals surface area (Å²) >= 11 is 0. The van der Waals surface area contributed by atoms with Gasteiger partial charge in [0.05, 0.1) is 12.6 Å². The maximum absolute atomic E-state index is 14.5. The number of aromatic nitrogens is 1. The number of carbonyl (C=O) groups is 9. The predicted molar refractivity (Wildman–Crippen MR) is 313 cm³/mol. The van der Waals surface area contributed by atoms with Crippen molar-refractivity contribution in [3.63, 3.8) is 0 Å². The van der Waals surface area contributed by atoms with Crippen molar-refractivity contribution >= 4 is 76.0 Å². The number of amides is 8. The molecule has 22 N–H and O–H groups in total. The van der Waals surface area contributed by atoms with Crippen LogP contribution in [-0.4, -0.2) is 150 Å². The first-order valence-electron chi connectivity index (χ1n) is 28.5. The number of fused-ring (bicyclic) bond motifs is 1. The number of nitrogens with two attached hydrogens (primary N) is 4. The number of benzene rings is 1. The van der Waals surface area contributed by atoms with E-state index in [-0.39, 0.29) is 101 Å². The van der Waals surface area contributed by atoms with E-state index in [1.807, 2.05) is 58.9 Å². The van der Waals surface area contributed by atoms with Gasteiger partial charge in [-0.25, -0.2) is 4.79 Å². The number of guanidine groups is 2. The topological polar surface area (TPSA) is 462 Å². The van der Waals surface area contributed by atoms with Crippen molar-refractivity contribution in [1.29, 1.82) is 10.8 Å². The van der Waals surface area contributed by atoms with Gasteiger partial charge < -0.3 is 86.2 Å². The number of unbranched alkanes of at least 4 members (excludes halogenated alkanes) is 1. The van der Waals surface area contributed by atoms with Gasteiger partial charge >= 0.3 is 5.97 Å². The number of carboxylic acid groups (broad SMARTS) is 1. The van der Waals surface area contributed by atoms with Crippen LogP contribution >= 0.6 is 0 Å². The Morgan fingerprint density at radius 1 is 0.561 bits per heavy atom. The summed E-state index contributed by atoms with van der Waals surface area (Å²) in [5.41, 5.74) is 24.2. The number of H-pyrrole nitrogens is 1. The van der Waals surface area contributed by atoms with Gasteiger partial charge in [-0.15, -0.1) is 0 Å². The Hall–Kier alpha value is -7.55. The molecule has 2 rings (SSSR count). The second-order valence-corrected chi connectivity index (χ2v) is 22.2. The van der Waals surface area contributed by atoms with E-state index in [2.05, 4.69) is 58.2 Å². The Bertz CT molecular complexity index is 2430. The highest BCUT2D eigenvalue weighted by Crippen LogP contribution is 2.20. The lowest BCUT2D eigenvalue weighted by atomic mass is 9.96. The van der Waals surface area contributed by atoms with Crippen molar-refractivity contribution in [2.75, 3.05) is 26.2 Å². The molecule has 1 aromatic carbocycles. The van der Waals surface area contributed by atoms with E-state index in [1.165, 1.54) is 0 Å². The normalized spacial score (nSPS) is 14.6. The molecule has 0 bridgehead atoms. The fourth-order valence-corrected chi connectivity index (χ4v) is 8.94. The lowest BCUT2D eigenvalue weighted by molar-refractivity contribution is -0.142. The molecular formula is C55H95N17O10. The molecule has 0 aliphatic carbocycles. The molecule has 0 saturated carbocycles. The molecular weight excluding hydrogens is 1060 g/mol. The number of rotatable bonds is 39. The summed E-state index contributed by atoms with van der Waals surface area (Å²) in [4.78, 5) is 127. The van der Waals surface area contributed by atoms with Gasteiger partial charge in [-0.2, -0.15) is 0 Å². The van der Waals surface area contributed by atoms with Gasteiger partial charge in [0, 0.05) is 36.6 Å². The zero-order valence-electron chi connectivity index (χ0n) is 49.1. The summed E-state index contributed by atoms with van der Waals surface area (Å²) in [6.07, 6.45) is 4.11. The van der Waals surface area contributed by atoms with Crippen LogP contribution in [0.1, 0.15) is 132 Å². The standard InChI is InChI=1S/C55H95N17O10/c1-9-33(8)45(72-51(79)43(27-34-28-64-37-17-11-10-16-35(34)37)71-50(78)42(26-32(6)7)70-46(74)36(57)24-30(2)3)52(80)65-29-44(73)66-41(25-31(4)5)49(77)68-39(19-14-22-62-54(58)59)47(75)67-38(18-12-13-21-56)48(76)69-40(53(81)82)20-15-23-63-55(60)61/h10-11,16-17,28,30-33,36,38-43,45,64H,9,12-15,18-27,29,56-57H2,1-8H3,(H,65,80)(H,66,73)(H,67,75)(H,68,77)(H,69,76)(H,70,74)(H,71,78)(H,72,79)(H,81,82)(H4,58,59,62)(H4,60,61,63)/t33-,36-,38-,39-,40-,41-,42-,43-,45-/m0/s1. The highest BCUT2D eigenvalue weighted by Gasteiger charge is 2.35. The first-order chi connectivity index (χ1) is 38.7. The molecule has 460 valence electrons. The zero-order chi connectivity index (χ0) is 61.6. The molecule has 27 heteroatoms. The number of para-hydroxylation sites is 1. The van der Waals surface area contributed by atoms with Crippen LogP contribution < -0.4 is 76.1 Å². The van der Waals surface area contributed by atoms with Gasteiger partial charge in [-0.1, -0.05) is 80.0 Å². The number of hydrogen-bond donors (Lipinski definition) is 18. The van der Waals surface area contributed by atoms with Crippen LogP contribution in [-0.2, 0) is 49.6 Å². The van der Waals surface area contributed by atoms with Gasteiger partial charge in [-0.05, 0) is 106 Å². The molecule has 0 saturated heterocycles. The quantitative estimate of drug-likeness (QED) is 0.0227. The van der Waals surface area contributed by atoms with Crippen molar-refractivity contribution < 1.29 is 48.3 Å². The number of nitrogens with one attached hydrogen (secondary N) is 13. The average molecular weight is 1150 g/mol. The zero-order valence-corrected chi connectivity index (χ0v) is 49.1. The van der Waals surface area contributed by atoms with E-state index in [0.29, 0.717) is 31.2 Å². The smallest absolute Gasteiger partial charge is 0.326 e. The van der Waals surface area contributed by atoms with E-state index >= 15 is 0 Å². The van der Waals surface area contributed by atoms with E-state index < -0.39 is 114 Å². The minimum absolute atomic E-state index is 0.00781. The van der Waals surface area contributed by atoms with Crippen LogP contribution in [0.25, 0.3) is 10.9 Å². The third kappa shape index (κ3) is 26.4. The SMILES string of the molecule is CC[C@H](C)[C@H](NC(=O)[C@H](Cc1c[nH]c2ccccc12)NC(=O)[C@H](CC(C)C)NC(=O)[C@@H](N)CC(C)C)C(=O)NCC(=O)N[C@@H](CC(C)C)C(=O)N[C@@H](CCCNC(=N)N)C(=O)N[C@@H](CCCCN)C(=O)N[C@@H](CCCNC(=N)N)C(=O)O. The minimum atomic E-state index is -1.35. The molecule has 1 aromatic heterocycles. The number of hydrogen-bond acceptors (Lipinski definition) is 13. The Kier molecular flexibility index (Phi) is 31.6. The Morgan fingerprint density at radius 3 is 1.54 bits per heavy atom. The van der Waals surface area contributed by atoms with Crippen LogP contribution in [0, 0.1) is 34.5 Å². The fourth-order valence-electron chi connectivity index (χ4n) is 8.94. The predicted octanol–water partition coefficient (Wildman–Crippen LogP) is -0.528. The summed E-state index contributed by atoms with van der Waals surface area (Å²) in [6, 6.07) is -2.13. The van der Waals surface area contributed by atoms with Crippen LogP contribution in [0.5, 0.6) is 0 Å². The summed E-state index contributed by atoms with van der Waals surface area (Å²) in [6.45, 7) is 14.7. The van der Waals surface area contributed by atoms with Crippen molar-refractivity contribution in [2.45, 2.75) is 181 Å². The number of aliphatic carboxylic acids is 1. The highest BCUT2D eigenvalue weighted by atomic mass is 16.4. The summed E-state index contributed by atoms with van der Waals surface area (Å²) in [5, 5.41) is 52.3. The van der Waals surface area contributed by atoms with Crippen LogP contribution in [0.2, 0.25) is 0 Å². The van der Waals surface area contributed by atoms with Crippen LogP contribution in [0.3, 0.4) is 0 Å². The van der Waals surface area contributed by atoms with Gasteiger partial charge in [0.1, 0.15) is 42.3 Å². The lowest BCUT2D eigenvalue weighted by Gasteiger charge is -2.28. The number of aromatic amines is 1. The summed E-state index contributed by atoms with van der Waals surface area (Å²) in [5.74, 6) is -8.28. The summed E-state index contributed by atoms with van der Waals surface area (Å²) < 4.78 is 0. The van der Waals surface area contributed by atoms with Gasteiger partial charge in [-0.3, -0.25) is 49.2 Å².